The standard InChI is InChI=1S/C14H15NO2/c1-3-7-10(4-2)15-13(16)11-8-5-6-9-12(11)14(15)17/h3,5-6,8-10H,1,4,7H2,2H3/t10-/m1/s1. The molecule has 1 aliphatic heterocycles. The number of nitrogens with zero attached hydrogens (tertiary/aromatic N) is 1. The summed E-state index contributed by atoms with van der Waals surface area (Å²) in [4.78, 5) is 25.7. The number of imide groups is 1. The second-order valence-electron chi connectivity index (χ2n) is 4.11. The quantitative estimate of drug-likeness (QED) is 0.588. The largest absolute Gasteiger partial charge is 0.271 e. The lowest BCUT2D eigenvalue weighted by Crippen LogP contribution is -2.39. The van der Waals surface area contributed by atoms with Crippen molar-refractivity contribution in [3.8, 4) is 0 Å². The predicted molar refractivity (Wildman–Crippen MR) is 65.8 cm³/mol. The summed E-state index contributed by atoms with van der Waals surface area (Å²) in [5.41, 5.74) is 1.03. The molecule has 2 amide bonds. The molecule has 1 heterocycles. The molecule has 3 heteroatoms. The van der Waals surface area contributed by atoms with Crippen LogP contribution in [0.3, 0.4) is 0 Å². The summed E-state index contributed by atoms with van der Waals surface area (Å²) < 4.78 is 0. The Morgan fingerprint density at radius 3 is 2.18 bits per heavy atom. The Labute approximate surface area is 101 Å². The van der Waals surface area contributed by atoms with E-state index in [2.05, 4.69) is 6.58 Å². The van der Waals surface area contributed by atoms with Crippen LogP contribution < -0.4 is 0 Å². The number of benzene rings is 1. The van der Waals surface area contributed by atoms with Gasteiger partial charge in [0.1, 0.15) is 0 Å². The van der Waals surface area contributed by atoms with E-state index >= 15 is 0 Å². The zero-order valence-corrected chi connectivity index (χ0v) is 9.85. The second-order valence-corrected chi connectivity index (χ2v) is 4.11. The third-order valence-electron chi connectivity index (χ3n) is 3.10. The van der Waals surface area contributed by atoms with Crippen molar-refractivity contribution in [2.75, 3.05) is 0 Å². The maximum Gasteiger partial charge on any atom is 0.261 e. The number of amides is 2. The van der Waals surface area contributed by atoms with Crippen molar-refractivity contribution in [3.05, 3.63) is 48.0 Å². The smallest absolute Gasteiger partial charge is 0.261 e. The van der Waals surface area contributed by atoms with Crippen LogP contribution in [0.25, 0.3) is 0 Å². The molecule has 88 valence electrons. The van der Waals surface area contributed by atoms with E-state index < -0.39 is 0 Å². The van der Waals surface area contributed by atoms with Gasteiger partial charge in [0.25, 0.3) is 11.8 Å². The van der Waals surface area contributed by atoms with Crippen molar-refractivity contribution in [3.63, 3.8) is 0 Å². The van der Waals surface area contributed by atoms with Gasteiger partial charge in [-0.15, -0.1) is 6.58 Å². The van der Waals surface area contributed by atoms with Gasteiger partial charge in [-0.25, -0.2) is 0 Å². The van der Waals surface area contributed by atoms with E-state index in [-0.39, 0.29) is 17.9 Å². The molecule has 0 radical (unpaired) electrons. The zero-order chi connectivity index (χ0) is 12.4. The van der Waals surface area contributed by atoms with Gasteiger partial charge in [-0.3, -0.25) is 14.5 Å². The van der Waals surface area contributed by atoms with E-state index in [0.29, 0.717) is 17.5 Å². The third-order valence-corrected chi connectivity index (χ3v) is 3.10. The number of carbonyl (C=O) groups excluding carboxylic acids is 2. The van der Waals surface area contributed by atoms with Crippen LogP contribution in [0.1, 0.15) is 40.5 Å². The SMILES string of the molecule is C=CC[C@@H](CC)N1C(=O)c2ccccc2C1=O. The second kappa shape index (κ2) is 4.53. The summed E-state index contributed by atoms with van der Waals surface area (Å²) in [5.74, 6) is -0.362. The van der Waals surface area contributed by atoms with Crippen molar-refractivity contribution in [2.24, 2.45) is 0 Å². The molecule has 1 atom stereocenters. The molecule has 0 aliphatic carbocycles. The van der Waals surface area contributed by atoms with Crippen molar-refractivity contribution < 1.29 is 9.59 Å². The molecule has 1 aliphatic rings. The minimum absolute atomic E-state index is 0.0834. The number of rotatable bonds is 4. The van der Waals surface area contributed by atoms with Gasteiger partial charge in [0.05, 0.1) is 11.1 Å². The lowest BCUT2D eigenvalue weighted by atomic mass is 10.1. The molecule has 0 saturated heterocycles. The normalized spacial score (nSPS) is 15.9. The molecule has 1 aromatic carbocycles. The van der Waals surface area contributed by atoms with E-state index in [1.807, 2.05) is 6.92 Å². The number of hydrogen-bond acceptors (Lipinski definition) is 2. The maximum atomic E-state index is 12.2. The fraction of sp³-hybridized carbons (Fsp3) is 0.286. The van der Waals surface area contributed by atoms with E-state index in [1.165, 1.54) is 4.90 Å². The molecule has 17 heavy (non-hydrogen) atoms. The Kier molecular flexibility index (Phi) is 3.09. The highest BCUT2D eigenvalue weighted by atomic mass is 16.2. The molecule has 0 saturated carbocycles. The summed E-state index contributed by atoms with van der Waals surface area (Å²) in [5, 5.41) is 0. The van der Waals surface area contributed by atoms with Crippen LogP contribution >= 0.6 is 0 Å². The highest BCUT2D eigenvalue weighted by molar-refractivity contribution is 6.21. The van der Waals surface area contributed by atoms with Crippen LogP contribution in [0.2, 0.25) is 0 Å². The summed E-state index contributed by atoms with van der Waals surface area (Å²) in [7, 11) is 0. The van der Waals surface area contributed by atoms with Crippen LogP contribution in [0.15, 0.2) is 36.9 Å². The molecule has 0 N–H and O–H groups in total. The zero-order valence-electron chi connectivity index (χ0n) is 9.85. The average molecular weight is 229 g/mol. The average Bonchev–Trinajstić information content (AvgIpc) is 2.61. The Balaban J connectivity index is 2.38. The monoisotopic (exact) mass is 229 g/mol. The van der Waals surface area contributed by atoms with Crippen LogP contribution in [-0.2, 0) is 0 Å². The molecular formula is C14H15NO2. The van der Waals surface area contributed by atoms with Gasteiger partial charge in [0.15, 0.2) is 0 Å². The maximum absolute atomic E-state index is 12.2. The van der Waals surface area contributed by atoms with Gasteiger partial charge in [0.2, 0.25) is 0 Å². The molecule has 0 unspecified atom stereocenters. The van der Waals surface area contributed by atoms with E-state index in [9.17, 15) is 9.59 Å². The highest BCUT2D eigenvalue weighted by Crippen LogP contribution is 2.26. The predicted octanol–water partition coefficient (Wildman–Crippen LogP) is 2.64. The first-order chi connectivity index (χ1) is 8.20. The van der Waals surface area contributed by atoms with E-state index in [4.69, 9.17) is 0 Å². The van der Waals surface area contributed by atoms with Crippen molar-refractivity contribution >= 4 is 11.8 Å². The van der Waals surface area contributed by atoms with Crippen molar-refractivity contribution in [2.45, 2.75) is 25.8 Å². The van der Waals surface area contributed by atoms with Gasteiger partial charge < -0.3 is 0 Å². The minimum atomic E-state index is -0.181. The minimum Gasteiger partial charge on any atom is -0.271 e. The van der Waals surface area contributed by atoms with Gasteiger partial charge in [-0.05, 0) is 25.0 Å². The molecular weight excluding hydrogens is 214 g/mol. The molecule has 1 aromatic rings. The summed E-state index contributed by atoms with van der Waals surface area (Å²) >= 11 is 0. The molecule has 0 bridgehead atoms. The molecule has 3 nitrogen and oxygen atoms in total. The van der Waals surface area contributed by atoms with Crippen molar-refractivity contribution in [1.82, 2.24) is 4.90 Å². The topological polar surface area (TPSA) is 37.4 Å². The Hall–Kier alpha value is -1.90. The first-order valence-corrected chi connectivity index (χ1v) is 5.78. The van der Waals surface area contributed by atoms with Crippen molar-refractivity contribution in [1.29, 1.82) is 0 Å². The molecule has 0 aromatic heterocycles. The van der Waals surface area contributed by atoms with Gasteiger partial charge >= 0.3 is 0 Å². The number of carbonyl (C=O) groups is 2. The molecule has 2 rings (SSSR count). The summed E-state index contributed by atoms with van der Waals surface area (Å²) in [6.45, 7) is 5.64. The van der Waals surface area contributed by atoms with Gasteiger partial charge in [0, 0.05) is 6.04 Å². The van der Waals surface area contributed by atoms with Gasteiger partial charge in [-0.1, -0.05) is 25.1 Å². The van der Waals surface area contributed by atoms with Crippen LogP contribution in [0.5, 0.6) is 0 Å². The molecule has 0 spiro atoms. The first-order valence-electron chi connectivity index (χ1n) is 5.78. The highest BCUT2D eigenvalue weighted by Gasteiger charge is 2.38. The summed E-state index contributed by atoms with van der Waals surface area (Å²) in [6.07, 6.45) is 3.14. The third kappa shape index (κ3) is 1.78. The molecule has 0 fully saturated rings. The number of hydrogen-bond donors (Lipinski definition) is 0. The van der Waals surface area contributed by atoms with Crippen LogP contribution in [0.4, 0.5) is 0 Å². The lowest BCUT2D eigenvalue weighted by molar-refractivity contribution is 0.0581. The van der Waals surface area contributed by atoms with Crippen LogP contribution in [-0.4, -0.2) is 22.8 Å². The Morgan fingerprint density at radius 2 is 1.76 bits per heavy atom. The van der Waals surface area contributed by atoms with E-state index in [1.54, 1.807) is 30.3 Å². The Morgan fingerprint density at radius 1 is 1.24 bits per heavy atom. The summed E-state index contributed by atoms with van der Waals surface area (Å²) in [6, 6.07) is 6.89. The lowest BCUT2D eigenvalue weighted by Gasteiger charge is -2.23. The fourth-order valence-electron chi connectivity index (χ4n) is 2.19. The van der Waals surface area contributed by atoms with E-state index in [0.717, 1.165) is 6.42 Å². The fourth-order valence-corrected chi connectivity index (χ4v) is 2.19. The van der Waals surface area contributed by atoms with Gasteiger partial charge in [-0.2, -0.15) is 0 Å². The van der Waals surface area contributed by atoms with Crippen LogP contribution in [0, 0.1) is 0 Å². The first kappa shape index (κ1) is 11.6. The Bertz CT molecular complexity index is 444. The number of fused-ring (bicyclic) bond motifs is 1.